The lowest BCUT2D eigenvalue weighted by Gasteiger charge is -2.21. The second-order valence-corrected chi connectivity index (χ2v) is 8.48. The van der Waals surface area contributed by atoms with Crippen molar-refractivity contribution >= 4 is 10.0 Å². The monoisotopic (exact) mass is 388 g/mol. The third kappa shape index (κ3) is 3.04. The number of pyridine rings is 1. The van der Waals surface area contributed by atoms with Crippen molar-refractivity contribution in [2.24, 2.45) is 7.05 Å². The molecule has 0 spiro atoms. The smallest absolute Gasteiger partial charge is 0.249 e. The number of rotatable bonds is 4. The summed E-state index contributed by atoms with van der Waals surface area (Å²) < 4.78 is 35.1. The number of aryl methyl sites for hydroxylation is 2. The Labute approximate surface area is 157 Å². The molecule has 9 nitrogen and oxygen atoms in total. The molecule has 0 amide bonds. The summed E-state index contributed by atoms with van der Waals surface area (Å²) in [5.74, 6) is 0.632. The number of sulfonamides is 1. The van der Waals surface area contributed by atoms with E-state index in [-0.39, 0.29) is 4.90 Å². The average Bonchev–Trinajstić information content (AvgIpc) is 3.36. The molecule has 0 saturated carbocycles. The summed E-state index contributed by atoms with van der Waals surface area (Å²) in [6.45, 7) is 4.04. The Morgan fingerprint density at radius 3 is 2.67 bits per heavy atom. The largest absolute Gasteiger partial charge is 0.419 e. The predicted octanol–water partition coefficient (Wildman–Crippen LogP) is 2.01. The molecule has 0 N–H and O–H groups in total. The summed E-state index contributed by atoms with van der Waals surface area (Å²) in [5, 5.41) is 12.2. The van der Waals surface area contributed by atoms with Gasteiger partial charge in [-0.05, 0) is 38.8 Å². The summed E-state index contributed by atoms with van der Waals surface area (Å²) in [4.78, 5) is 4.43. The third-order valence-electron chi connectivity index (χ3n) is 4.86. The lowest BCUT2D eigenvalue weighted by atomic mass is 10.2. The molecule has 0 aliphatic carbocycles. The molecule has 1 aliphatic heterocycles. The molecule has 142 valence electrons. The van der Waals surface area contributed by atoms with Crippen LogP contribution in [0.25, 0.3) is 11.5 Å². The van der Waals surface area contributed by atoms with Crippen LogP contribution in [0.5, 0.6) is 0 Å². The van der Waals surface area contributed by atoms with Gasteiger partial charge in [-0.1, -0.05) is 0 Å². The van der Waals surface area contributed by atoms with Crippen LogP contribution in [0, 0.1) is 13.8 Å². The summed E-state index contributed by atoms with van der Waals surface area (Å²) in [5.41, 5.74) is 2.19. The molecule has 10 heteroatoms. The van der Waals surface area contributed by atoms with Crippen molar-refractivity contribution in [1.29, 1.82) is 0 Å². The Hall–Kier alpha value is -2.59. The minimum absolute atomic E-state index is 0.208. The second-order valence-electron chi connectivity index (χ2n) is 6.63. The van der Waals surface area contributed by atoms with Gasteiger partial charge in [-0.2, -0.15) is 9.40 Å². The third-order valence-corrected chi connectivity index (χ3v) is 6.88. The normalized spacial score (nSPS) is 18.3. The van der Waals surface area contributed by atoms with Gasteiger partial charge in [-0.15, -0.1) is 10.2 Å². The van der Waals surface area contributed by atoms with Gasteiger partial charge in [0, 0.05) is 25.5 Å². The Bertz CT molecular complexity index is 1070. The highest BCUT2D eigenvalue weighted by Gasteiger charge is 2.40. The highest BCUT2D eigenvalue weighted by molar-refractivity contribution is 7.89. The molecule has 0 radical (unpaired) electrons. The van der Waals surface area contributed by atoms with E-state index in [1.165, 1.54) is 10.5 Å². The van der Waals surface area contributed by atoms with E-state index in [9.17, 15) is 8.42 Å². The molecule has 3 aromatic heterocycles. The van der Waals surface area contributed by atoms with Crippen LogP contribution in [-0.2, 0) is 17.1 Å². The van der Waals surface area contributed by atoms with E-state index < -0.39 is 16.1 Å². The molecular formula is C17H20N6O3S. The van der Waals surface area contributed by atoms with Crippen LogP contribution in [0.15, 0.2) is 33.8 Å². The fraction of sp³-hybridized carbons (Fsp3) is 0.412. The van der Waals surface area contributed by atoms with Gasteiger partial charge in [0.05, 0.1) is 17.5 Å². The maximum atomic E-state index is 13.1. The molecule has 4 heterocycles. The minimum Gasteiger partial charge on any atom is -0.419 e. The molecule has 0 bridgehead atoms. The number of nitrogens with zero attached hydrogens (tertiary/aromatic N) is 6. The van der Waals surface area contributed by atoms with Gasteiger partial charge in [-0.25, -0.2) is 8.42 Å². The van der Waals surface area contributed by atoms with Gasteiger partial charge < -0.3 is 4.42 Å². The summed E-state index contributed by atoms with van der Waals surface area (Å²) in [6.07, 6.45) is 4.41. The number of hydrogen-bond donors (Lipinski definition) is 0. The van der Waals surface area contributed by atoms with Gasteiger partial charge in [-0.3, -0.25) is 9.67 Å². The van der Waals surface area contributed by atoms with Crippen LogP contribution in [0.3, 0.4) is 0 Å². The number of hydrogen-bond acceptors (Lipinski definition) is 7. The first-order valence-electron chi connectivity index (χ1n) is 8.65. The van der Waals surface area contributed by atoms with Crippen LogP contribution in [-0.4, -0.2) is 44.2 Å². The van der Waals surface area contributed by atoms with Crippen LogP contribution < -0.4 is 0 Å². The number of aromatic nitrogens is 5. The van der Waals surface area contributed by atoms with Gasteiger partial charge in [0.1, 0.15) is 10.9 Å². The van der Waals surface area contributed by atoms with Crippen molar-refractivity contribution in [3.8, 4) is 11.5 Å². The van der Waals surface area contributed by atoms with Crippen molar-refractivity contribution < 1.29 is 12.8 Å². The van der Waals surface area contributed by atoms with Gasteiger partial charge in [0.15, 0.2) is 0 Å². The first kappa shape index (κ1) is 17.8. The molecule has 1 aliphatic rings. The molecule has 1 fully saturated rings. The van der Waals surface area contributed by atoms with E-state index in [4.69, 9.17) is 4.42 Å². The Morgan fingerprint density at radius 1 is 1.19 bits per heavy atom. The van der Waals surface area contributed by atoms with Gasteiger partial charge in [0.2, 0.25) is 21.8 Å². The molecule has 4 rings (SSSR count). The van der Waals surface area contributed by atoms with E-state index in [1.54, 1.807) is 24.9 Å². The Kier molecular flexibility index (Phi) is 4.31. The van der Waals surface area contributed by atoms with E-state index in [0.29, 0.717) is 36.0 Å². The van der Waals surface area contributed by atoms with Gasteiger partial charge >= 0.3 is 0 Å². The van der Waals surface area contributed by atoms with E-state index in [1.807, 2.05) is 19.1 Å². The molecular weight excluding hydrogens is 368 g/mol. The fourth-order valence-corrected chi connectivity index (χ4v) is 5.05. The maximum Gasteiger partial charge on any atom is 0.249 e. The zero-order valence-corrected chi connectivity index (χ0v) is 16.1. The quantitative estimate of drug-likeness (QED) is 0.673. The summed E-state index contributed by atoms with van der Waals surface area (Å²) in [6, 6.07) is 3.23. The lowest BCUT2D eigenvalue weighted by molar-refractivity contribution is 0.332. The van der Waals surface area contributed by atoms with Crippen molar-refractivity contribution in [1.82, 2.24) is 29.3 Å². The average molecular weight is 388 g/mol. The minimum atomic E-state index is -3.70. The zero-order chi connectivity index (χ0) is 19.2. The van der Waals surface area contributed by atoms with Crippen molar-refractivity contribution in [3.63, 3.8) is 0 Å². The van der Waals surface area contributed by atoms with Crippen molar-refractivity contribution in [3.05, 3.63) is 41.8 Å². The Morgan fingerprint density at radius 2 is 2.00 bits per heavy atom. The SMILES string of the molecule is Cc1ccc(-c2nnc([C@@H]3CCCN3S(=O)(=O)c3cnn(C)c3C)o2)cn1. The highest BCUT2D eigenvalue weighted by atomic mass is 32.2. The molecule has 0 unspecified atom stereocenters. The van der Waals surface area contributed by atoms with Crippen LogP contribution in [0.1, 0.15) is 36.2 Å². The van der Waals surface area contributed by atoms with Crippen LogP contribution in [0.2, 0.25) is 0 Å². The molecule has 0 aromatic carbocycles. The zero-order valence-electron chi connectivity index (χ0n) is 15.3. The fourth-order valence-electron chi connectivity index (χ4n) is 3.21. The molecule has 1 saturated heterocycles. The first-order valence-corrected chi connectivity index (χ1v) is 10.1. The maximum absolute atomic E-state index is 13.1. The van der Waals surface area contributed by atoms with Crippen LogP contribution in [0.4, 0.5) is 0 Å². The molecule has 3 aromatic rings. The van der Waals surface area contributed by atoms with E-state index in [2.05, 4.69) is 20.3 Å². The molecule has 1 atom stereocenters. The summed E-state index contributed by atoms with van der Waals surface area (Å²) in [7, 11) is -1.98. The van der Waals surface area contributed by atoms with Crippen molar-refractivity contribution in [2.75, 3.05) is 6.54 Å². The van der Waals surface area contributed by atoms with Crippen LogP contribution >= 0.6 is 0 Å². The summed E-state index contributed by atoms with van der Waals surface area (Å²) >= 11 is 0. The second kappa shape index (κ2) is 6.54. The highest BCUT2D eigenvalue weighted by Crippen LogP contribution is 2.37. The van der Waals surface area contributed by atoms with E-state index in [0.717, 1.165) is 12.1 Å². The van der Waals surface area contributed by atoms with Crippen molar-refractivity contribution in [2.45, 2.75) is 37.6 Å². The van der Waals surface area contributed by atoms with E-state index >= 15 is 0 Å². The van der Waals surface area contributed by atoms with Gasteiger partial charge in [0.25, 0.3) is 0 Å². The standard InChI is InChI=1S/C17H20N6O3S/c1-11-6-7-13(9-18-11)16-20-21-17(26-16)14-5-4-8-23(14)27(24,25)15-10-19-22(3)12(15)2/h6-7,9-10,14H,4-5,8H2,1-3H3/t14-/m0/s1. The topological polar surface area (TPSA) is 107 Å². The first-order chi connectivity index (χ1) is 12.9. The molecule has 27 heavy (non-hydrogen) atoms. The predicted molar refractivity (Wildman–Crippen MR) is 96.1 cm³/mol. The lowest BCUT2D eigenvalue weighted by Crippen LogP contribution is -2.31. The Balaban J connectivity index is 1.66.